The second kappa shape index (κ2) is 10.9. The van der Waals surface area contributed by atoms with Gasteiger partial charge in [0.15, 0.2) is 11.5 Å². The Morgan fingerprint density at radius 3 is 2.49 bits per heavy atom. The average Bonchev–Trinajstić information content (AvgIpc) is 2.88. The topological polar surface area (TPSA) is 80.3 Å². The molecule has 0 unspecified atom stereocenters. The summed E-state index contributed by atoms with van der Waals surface area (Å²) in [5.41, 5.74) is 1.53. The fraction of sp³-hybridized carbons (Fsp3) is 0.346. The number of carbonyl (C=O) groups excluding carboxylic acids is 1. The first-order valence-corrected chi connectivity index (χ1v) is 11.4. The summed E-state index contributed by atoms with van der Waals surface area (Å²) in [6, 6.07) is 11.2. The van der Waals surface area contributed by atoms with Crippen LogP contribution >= 0.6 is 0 Å². The molecule has 1 amide bonds. The molecule has 1 aliphatic heterocycles. The maximum Gasteiger partial charge on any atom is 0.228 e. The van der Waals surface area contributed by atoms with Gasteiger partial charge in [0, 0.05) is 37.6 Å². The van der Waals surface area contributed by atoms with Crippen molar-refractivity contribution in [2.45, 2.75) is 20.0 Å². The van der Waals surface area contributed by atoms with Crippen molar-refractivity contribution >= 4 is 28.8 Å². The number of hydrogen-bond donors (Lipinski definition) is 0. The number of benzene rings is 2. The third-order valence-corrected chi connectivity index (χ3v) is 5.64. The third kappa shape index (κ3) is 5.39. The third-order valence-electron chi connectivity index (χ3n) is 5.64. The number of nitrogens with zero attached hydrogens (tertiary/aromatic N) is 5. The number of aromatic nitrogens is 2. The molecular weight excluding hydrogens is 446 g/mol. The van der Waals surface area contributed by atoms with Crippen molar-refractivity contribution in [3.63, 3.8) is 0 Å². The summed E-state index contributed by atoms with van der Waals surface area (Å²) in [5.74, 6) is 5.16. The number of hydrazine groups is 1. The first-order valence-electron chi connectivity index (χ1n) is 11.4. The molecular formula is C26H29N5O4. The van der Waals surface area contributed by atoms with Gasteiger partial charge in [-0.1, -0.05) is 5.92 Å². The predicted octanol–water partition coefficient (Wildman–Crippen LogP) is 3.14. The summed E-state index contributed by atoms with van der Waals surface area (Å²) >= 11 is 0. The van der Waals surface area contributed by atoms with E-state index in [0.29, 0.717) is 37.7 Å². The van der Waals surface area contributed by atoms with Gasteiger partial charge in [-0.15, -0.1) is 6.42 Å². The number of rotatable bonds is 9. The van der Waals surface area contributed by atoms with Gasteiger partial charge in [-0.3, -0.25) is 4.79 Å². The molecule has 0 atom stereocenters. The number of anilines is 2. The zero-order valence-electron chi connectivity index (χ0n) is 20.2. The fourth-order valence-electron chi connectivity index (χ4n) is 4.06. The van der Waals surface area contributed by atoms with Crippen molar-refractivity contribution in [1.82, 2.24) is 15.0 Å². The van der Waals surface area contributed by atoms with Crippen molar-refractivity contribution in [3.8, 4) is 29.6 Å². The molecule has 0 radical (unpaired) electrons. The summed E-state index contributed by atoms with van der Waals surface area (Å²) in [5, 5.41) is 4.53. The highest BCUT2D eigenvalue weighted by Crippen LogP contribution is 2.35. The normalized spacial score (nSPS) is 14.0. The van der Waals surface area contributed by atoms with Crippen LogP contribution in [-0.4, -0.2) is 67.4 Å². The van der Waals surface area contributed by atoms with Crippen molar-refractivity contribution < 1.29 is 19.0 Å². The molecule has 4 rings (SSSR count). The summed E-state index contributed by atoms with van der Waals surface area (Å²) in [4.78, 5) is 23.1. The summed E-state index contributed by atoms with van der Waals surface area (Å²) in [7, 11) is 1.58. The van der Waals surface area contributed by atoms with E-state index in [9.17, 15) is 4.79 Å². The molecule has 35 heavy (non-hydrogen) atoms. The quantitative estimate of drug-likeness (QED) is 0.345. The van der Waals surface area contributed by atoms with Crippen LogP contribution < -0.4 is 24.1 Å². The lowest BCUT2D eigenvalue weighted by atomic mass is 10.2. The Balaban J connectivity index is 1.50. The number of fused-ring (bicyclic) bond motifs is 1. The Bertz CT molecular complexity index is 1200. The van der Waals surface area contributed by atoms with Crippen LogP contribution in [0.15, 0.2) is 42.7 Å². The molecule has 2 aromatic carbocycles. The molecule has 9 heteroatoms. The van der Waals surface area contributed by atoms with Crippen molar-refractivity contribution in [3.05, 3.63) is 42.7 Å². The van der Waals surface area contributed by atoms with Crippen LogP contribution in [0.3, 0.4) is 0 Å². The van der Waals surface area contributed by atoms with Crippen LogP contribution in [-0.2, 0) is 4.79 Å². The zero-order chi connectivity index (χ0) is 24.8. The number of methoxy groups -OCH3 is 1. The zero-order valence-corrected chi connectivity index (χ0v) is 20.2. The van der Waals surface area contributed by atoms with Crippen molar-refractivity contribution in [1.29, 1.82) is 0 Å². The highest BCUT2D eigenvalue weighted by atomic mass is 16.5. The minimum absolute atomic E-state index is 0.0935. The molecule has 182 valence electrons. The van der Waals surface area contributed by atoms with E-state index >= 15 is 0 Å². The van der Waals surface area contributed by atoms with E-state index in [1.807, 2.05) is 55.3 Å². The van der Waals surface area contributed by atoms with E-state index in [4.69, 9.17) is 20.6 Å². The monoisotopic (exact) mass is 475 g/mol. The maximum absolute atomic E-state index is 12.0. The Morgan fingerprint density at radius 2 is 1.86 bits per heavy atom. The molecule has 1 aromatic heterocycles. The van der Waals surface area contributed by atoms with E-state index in [2.05, 4.69) is 20.8 Å². The van der Waals surface area contributed by atoms with Crippen LogP contribution in [0.2, 0.25) is 0 Å². The van der Waals surface area contributed by atoms with Crippen molar-refractivity contribution in [2.75, 3.05) is 49.8 Å². The van der Waals surface area contributed by atoms with E-state index in [1.54, 1.807) is 18.4 Å². The van der Waals surface area contributed by atoms with Crippen LogP contribution in [0.25, 0.3) is 10.9 Å². The molecule has 1 aliphatic rings. The van der Waals surface area contributed by atoms with Gasteiger partial charge in [-0.05, 0) is 44.2 Å². The van der Waals surface area contributed by atoms with Gasteiger partial charge >= 0.3 is 0 Å². The van der Waals surface area contributed by atoms with Gasteiger partial charge in [0.05, 0.1) is 24.4 Å². The van der Waals surface area contributed by atoms with Gasteiger partial charge in [-0.25, -0.2) is 20.0 Å². The molecule has 0 aliphatic carbocycles. The SMILES string of the molecule is C#CCOc1cc2ncnc(N3CCN(N(C=O)c4ccc(OC(C)C)cc4)CC3)c2cc1OC. The van der Waals surface area contributed by atoms with Crippen LogP contribution in [0.5, 0.6) is 17.2 Å². The molecule has 3 aromatic rings. The molecule has 1 fully saturated rings. The van der Waals surface area contributed by atoms with Gasteiger partial charge in [0.2, 0.25) is 6.41 Å². The highest BCUT2D eigenvalue weighted by molar-refractivity contribution is 5.92. The Labute approximate surface area is 205 Å². The number of piperazine rings is 1. The summed E-state index contributed by atoms with van der Waals surface area (Å²) < 4.78 is 16.8. The van der Waals surface area contributed by atoms with Gasteiger partial charge in [0.1, 0.15) is 24.5 Å². The maximum atomic E-state index is 12.0. The molecule has 0 saturated carbocycles. The first-order chi connectivity index (χ1) is 17.0. The average molecular weight is 476 g/mol. The molecule has 2 heterocycles. The first kappa shape index (κ1) is 24.1. The van der Waals surface area contributed by atoms with E-state index in [0.717, 1.165) is 34.6 Å². The Kier molecular flexibility index (Phi) is 7.53. The summed E-state index contributed by atoms with van der Waals surface area (Å²) in [6.07, 6.45) is 7.80. The van der Waals surface area contributed by atoms with Gasteiger partial charge < -0.3 is 19.1 Å². The van der Waals surface area contributed by atoms with Crippen LogP contribution in [0.4, 0.5) is 11.5 Å². The van der Waals surface area contributed by atoms with Crippen molar-refractivity contribution in [2.24, 2.45) is 0 Å². The number of amides is 1. The molecule has 1 saturated heterocycles. The smallest absolute Gasteiger partial charge is 0.228 e. The minimum Gasteiger partial charge on any atom is -0.493 e. The number of ether oxygens (including phenoxy) is 3. The lowest BCUT2D eigenvalue weighted by Gasteiger charge is -2.40. The van der Waals surface area contributed by atoms with E-state index in [-0.39, 0.29) is 12.7 Å². The largest absolute Gasteiger partial charge is 0.493 e. The van der Waals surface area contributed by atoms with E-state index < -0.39 is 0 Å². The lowest BCUT2D eigenvalue weighted by molar-refractivity contribution is -0.110. The van der Waals surface area contributed by atoms with E-state index in [1.165, 1.54) is 0 Å². The molecule has 0 spiro atoms. The second-order valence-corrected chi connectivity index (χ2v) is 8.26. The van der Waals surface area contributed by atoms with Gasteiger partial charge in [-0.2, -0.15) is 0 Å². The Hall–Kier alpha value is -4.03. The molecule has 0 N–H and O–H groups in total. The second-order valence-electron chi connectivity index (χ2n) is 8.26. The predicted molar refractivity (Wildman–Crippen MR) is 135 cm³/mol. The molecule has 0 bridgehead atoms. The number of terminal acetylenes is 1. The Morgan fingerprint density at radius 1 is 1.11 bits per heavy atom. The number of hydrogen-bond acceptors (Lipinski definition) is 8. The fourth-order valence-corrected chi connectivity index (χ4v) is 4.06. The standard InChI is InChI=1S/C26H29N5O4/c1-5-14-34-25-16-23-22(15-24(25)33-4)26(28-17-27-23)29-10-12-30(13-11-29)31(18-32)20-6-8-21(9-7-20)35-19(2)3/h1,6-9,15-19H,10-14H2,2-4H3. The van der Waals surface area contributed by atoms with Crippen LogP contribution in [0, 0.1) is 12.3 Å². The number of carbonyl (C=O) groups is 1. The lowest BCUT2D eigenvalue weighted by Crippen LogP contribution is -2.54. The van der Waals surface area contributed by atoms with Gasteiger partial charge in [0.25, 0.3) is 0 Å². The molecule has 9 nitrogen and oxygen atoms in total. The summed E-state index contributed by atoms with van der Waals surface area (Å²) in [6.45, 7) is 6.76. The highest BCUT2D eigenvalue weighted by Gasteiger charge is 2.25. The van der Waals surface area contributed by atoms with Crippen LogP contribution in [0.1, 0.15) is 13.8 Å². The minimum atomic E-state index is 0.0935.